The predicted molar refractivity (Wildman–Crippen MR) is 109 cm³/mol. The summed E-state index contributed by atoms with van der Waals surface area (Å²) in [7, 11) is 0. The topological polar surface area (TPSA) is 85.4 Å². The number of anilines is 2. The van der Waals surface area contributed by atoms with Crippen LogP contribution in [0.1, 0.15) is 12.0 Å². The summed E-state index contributed by atoms with van der Waals surface area (Å²) in [5.74, 6) is -0.676. The fraction of sp³-hybridized carbons (Fsp3) is 0.250. The molecule has 12 heteroatoms. The van der Waals surface area contributed by atoms with Gasteiger partial charge in [-0.05, 0) is 30.3 Å². The maximum absolute atomic E-state index is 14.7. The number of aromatic nitrogens is 2. The molecule has 1 aliphatic rings. The van der Waals surface area contributed by atoms with Crippen LogP contribution in [0.4, 0.5) is 33.5 Å². The molecule has 0 unspecified atom stereocenters. The molecule has 0 radical (unpaired) electrons. The van der Waals surface area contributed by atoms with Gasteiger partial charge < -0.3 is 15.8 Å². The molecule has 32 heavy (non-hydrogen) atoms. The van der Waals surface area contributed by atoms with Crippen molar-refractivity contribution in [2.75, 3.05) is 12.0 Å². The Balaban J connectivity index is 1.74. The predicted octanol–water partition coefficient (Wildman–Crippen LogP) is 5.00. The first kappa shape index (κ1) is 22.0. The van der Waals surface area contributed by atoms with Gasteiger partial charge in [-0.15, -0.1) is 0 Å². The normalized spacial score (nSPS) is 21.2. The van der Waals surface area contributed by atoms with Crippen molar-refractivity contribution in [3.05, 3.63) is 59.1 Å². The van der Waals surface area contributed by atoms with E-state index in [2.05, 4.69) is 20.3 Å². The summed E-state index contributed by atoms with van der Waals surface area (Å²) >= 11 is 5.95. The van der Waals surface area contributed by atoms with Crippen molar-refractivity contribution >= 4 is 40.0 Å². The average Bonchev–Trinajstić information content (AvgIpc) is 2.74. The molecule has 6 nitrogen and oxygen atoms in total. The lowest BCUT2D eigenvalue weighted by Gasteiger charge is -2.38. The number of fused-ring (bicyclic) bond motifs is 1. The highest BCUT2D eigenvalue weighted by Crippen LogP contribution is 2.42. The number of hydrogen-bond acceptors (Lipinski definition) is 6. The molecule has 3 N–H and O–H groups in total. The minimum absolute atomic E-state index is 0.221. The van der Waals surface area contributed by atoms with Crippen LogP contribution in [0.15, 0.2) is 47.7 Å². The first-order valence-corrected chi connectivity index (χ1v) is 9.61. The highest BCUT2D eigenvalue weighted by molar-refractivity contribution is 6.31. The summed E-state index contributed by atoms with van der Waals surface area (Å²) < 4.78 is 73.8. The van der Waals surface area contributed by atoms with E-state index in [0.717, 1.165) is 12.1 Å². The van der Waals surface area contributed by atoms with Gasteiger partial charge in [0.1, 0.15) is 18.0 Å². The smallest absolute Gasteiger partial charge is 0.411 e. The first-order chi connectivity index (χ1) is 15.1. The van der Waals surface area contributed by atoms with E-state index in [-0.39, 0.29) is 11.5 Å². The van der Waals surface area contributed by atoms with Crippen molar-refractivity contribution in [2.45, 2.75) is 24.2 Å². The van der Waals surface area contributed by atoms with Crippen LogP contribution in [0, 0.1) is 5.82 Å². The number of amidine groups is 1. The molecule has 2 aromatic heterocycles. The second kappa shape index (κ2) is 8.05. The summed E-state index contributed by atoms with van der Waals surface area (Å²) in [6.07, 6.45) is -2.87. The second-order valence-electron chi connectivity index (χ2n) is 7.16. The van der Waals surface area contributed by atoms with Crippen LogP contribution in [-0.4, -0.2) is 34.9 Å². The van der Waals surface area contributed by atoms with Crippen LogP contribution in [0.25, 0.3) is 10.9 Å². The van der Waals surface area contributed by atoms with E-state index in [9.17, 15) is 22.0 Å². The Hall–Kier alpha value is -3.21. The van der Waals surface area contributed by atoms with Crippen LogP contribution < -0.4 is 11.1 Å². The SMILES string of the molecule is NC1=N[C@H](C(F)(F)F)C[C@@](CF)(c2cc(Nc3nccc4cc(Cl)cnc34)ccc2F)O1. The van der Waals surface area contributed by atoms with E-state index < -0.39 is 48.3 Å². The second-order valence-corrected chi connectivity index (χ2v) is 7.60. The monoisotopic (exact) mass is 471 g/mol. The molecule has 4 rings (SSSR count). The van der Waals surface area contributed by atoms with Gasteiger partial charge in [0.15, 0.2) is 17.5 Å². The molecule has 3 aromatic rings. The minimum Gasteiger partial charge on any atom is -0.451 e. The van der Waals surface area contributed by atoms with Gasteiger partial charge in [-0.3, -0.25) is 4.98 Å². The number of aliphatic imine (C=N–C) groups is 1. The van der Waals surface area contributed by atoms with Crippen LogP contribution in [-0.2, 0) is 10.3 Å². The van der Waals surface area contributed by atoms with Crippen LogP contribution in [0.3, 0.4) is 0 Å². The van der Waals surface area contributed by atoms with Crippen molar-refractivity contribution in [1.82, 2.24) is 9.97 Å². The summed E-state index contributed by atoms with van der Waals surface area (Å²) in [6.45, 7) is -1.46. The Morgan fingerprint density at radius 2 is 2.00 bits per heavy atom. The van der Waals surface area contributed by atoms with Gasteiger partial charge in [-0.1, -0.05) is 11.6 Å². The van der Waals surface area contributed by atoms with Crippen LogP contribution in [0.5, 0.6) is 0 Å². The Morgan fingerprint density at radius 3 is 2.72 bits per heavy atom. The summed E-state index contributed by atoms with van der Waals surface area (Å²) in [5.41, 5.74) is 3.32. The fourth-order valence-corrected chi connectivity index (χ4v) is 3.67. The minimum atomic E-state index is -4.80. The number of nitrogens with zero attached hydrogens (tertiary/aromatic N) is 3. The fourth-order valence-electron chi connectivity index (χ4n) is 3.50. The van der Waals surface area contributed by atoms with Crippen molar-refractivity contribution < 1.29 is 26.7 Å². The lowest BCUT2D eigenvalue weighted by molar-refractivity contribution is -0.167. The lowest BCUT2D eigenvalue weighted by Crippen LogP contribution is -2.48. The molecule has 168 valence electrons. The van der Waals surface area contributed by atoms with Crippen molar-refractivity contribution in [2.24, 2.45) is 10.7 Å². The van der Waals surface area contributed by atoms with E-state index in [0.29, 0.717) is 15.9 Å². The van der Waals surface area contributed by atoms with Gasteiger partial charge in [-0.25, -0.2) is 18.8 Å². The Kier molecular flexibility index (Phi) is 5.53. The maximum Gasteiger partial charge on any atom is 0.411 e. The van der Waals surface area contributed by atoms with E-state index in [1.54, 1.807) is 12.1 Å². The van der Waals surface area contributed by atoms with Gasteiger partial charge in [0.05, 0.1) is 5.02 Å². The number of benzene rings is 1. The summed E-state index contributed by atoms with van der Waals surface area (Å²) in [5, 5.41) is 4.01. The van der Waals surface area contributed by atoms with Crippen LogP contribution in [0.2, 0.25) is 5.02 Å². The standard InChI is InChI=1S/C20H15ClF5N5O/c21-11-5-10-3-4-28-17(16(10)29-8-11)30-12-1-2-14(23)13(6-12)19(9-22)7-15(20(24,25)26)31-18(27)32-19/h1-6,8,15H,7,9H2,(H2,27,31)(H,28,30)/t15-,19+/m0/s1. The zero-order valence-electron chi connectivity index (χ0n) is 16.1. The van der Waals surface area contributed by atoms with E-state index >= 15 is 0 Å². The molecule has 0 aliphatic carbocycles. The maximum atomic E-state index is 14.7. The Morgan fingerprint density at radius 1 is 1.22 bits per heavy atom. The van der Waals surface area contributed by atoms with Gasteiger partial charge in [0, 0.05) is 35.5 Å². The number of alkyl halides is 4. The molecule has 0 amide bonds. The molecule has 2 atom stereocenters. The molecule has 0 saturated heterocycles. The van der Waals surface area contributed by atoms with Crippen LogP contribution >= 0.6 is 11.6 Å². The molecule has 1 aliphatic heterocycles. The molecular formula is C20H15ClF5N5O. The van der Waals surface area contributed by atoms with Crippen molar-refractivity contribution in [1.29, 1.82) is 0 Å². The lowest BCUT2D eigenvalue weighted by atomic mass is 9.86. The average molecular weight is 472 g/mol. The molecule has 3 heterocycles. The highest BCUT2D eigenvalue weighted by atomic mass is 35.5. The quantitative estimate of drug-likeness (QED) is 0.523. The Bertz CT molecular complexity index is 1200. The summed E-state index contributed by atoms with van der Waals surface area (Å²) in [6, 6.07) is 3.60. The Labute approximate surface area is 183 Å². The third-order valence-electron chi connectivity index (χ3n) is 4.99. The number of halogens is 6. The summed E-state index contributed by atoms with van der Waals surface area (Å²) in [4.78, 5) is 11.6. The molecule has 1 aromatic carbocycles. The zero-order chi connectivity index (χ0) is 23.1. The number of pyridine rings is 2. The van der Waals surface area contributed by atoms with E-state index in [4.69, 9.17) is 22.1 Å². The molecule has 0 spiro atoms. The number of nitrogens with one attached hydrogen (secondary N) is 1. The van der Waals surface area contributed by atoms with E-state index in [1.807, 2.05) is 0 Å². The van der Waals surface area contributed by atoms with Gasteiger partial charge >= 0.3 is 6.18 Å². The van der Waals surface area contributed by atoms with Crippen molar-refractivity contribution in [3.8, 4) is 0 Å². The molecular weight excluding hydrogens is 457 g/mol. The largest absolute Gasteiger partial charge is 0.451 e. The highest BCUT2D eigenvalue weighted by Gasteiger charge is 2.52. The number of ether oxygens (including phenoxy) is 1. The van der Waals surface area contributed by atoms with Gasteiger partial charge in [0.25, 0.3) is 6.02 Å². The number of nitrogens with two attached hydrogens (primary N) is 1. The van der Waals surface area contributed by atoms with E-state index in [1.165, 1.54) is 18.5 Å². The number of rotatable bonds is 4. The third kappa shape index (κ3) is 4.12. The molecule has 0 saturated carbocycles. The first-order valence-electron chi connectivity index (χ1n) is 9.23. The van der Waals surface area contributed by atoms with Gasteiger partial charge in [0.2, 0.25) is 0 Å². The molecule has 0 bridgehead atoms. The zero-order valence-corrected chi connectivity index (χ0v) is 16.9. The van der Waals surface area contributed by atoms with Crippen molar-refractivity contribution in [3.63, 3.8) is 0 Å². The number of hydrogen-bond donors (Lipinski definition) is 2. The molecule has 0 fully saturated rings. The third-order valence-corrected chi connectivity index (χ3v) is 5.19. The van der Waals surface area contributed by atoms with Gasteiger partial charge in [-0.2, -0.15) is 13.2 Å².